The topological polar surface area (TPSA) is 66.4 Å². The van der Waals surface area contributed by atoms with Gasteiger partial charge in [0, 0.05) is 35.9 Å². The van der Waals surface area contributed by atoms with E-state index in [4.69, 9.17) is 5.11 Å². The summed E-state index contributed by atoms with van der Waals surface area (Å²) >= 11 is 0. The molecule has 0 heterocycles. The average molecular weight is 255 g/mol. The van der Waals surface area contributed by atoms with Crippen LogP contribution in [0.3, 0.4) is 0 Å². The minimum atomic E-state index is -0.827. The molecule has 0 radical (unpaired) electrons. The number of benzene rings is 1. The van der Waals surface area contributed by atoms with E-state index in [2.05, 4.69) is 5.32 Å². The van der Waals surface area contributed by atoms with Crippen molar-refractivity contribution in [1.82, 2.24) is 5.32 Å². The Labute approximate surface area is 104 Å². The molecule has 0 bridgehead atoms. The van der Waals surface area contributed by atoms with Gasteiger partial charge in [-0.1, -0.05) is 24.3 Å². The van der Waals surface area contributed by atoms with E-state index < -0.39 is 16.8 Å². The Morgan fingerprint density at radius 3 is 2.59 bits per heavy atom. The van der Waals surface area contributed by atoms with Gasteiger partial charge < -0.3 is 10.4 Å². The first-order valence-corrected chi connectivity index (χ1v) is 7.11. The van der Waals surface area contributed by atoms with Crippen molar-refractivity contribution in [2.45, 2.75) is 13.0 Å². The van der Waals surface area contributed by atoms with E-state index in [0.717, 1.165) is 11.1 Å². The zero-order chi connectivity index (χ0) is 12.7. The lowest BCUT2D eigenvalue weighted by atomic mass is 10.0. The van der Waals surface area contributed by atoms with Crippen LogP contribution in [0.4, 0.5) is 0 Å². The molecule has 0 aliphatic rings. The van der Waals surface area contributed by atoms with E-state index in [0.29, 0.717) is 18.8 Å². The molecule has 1 unspecified atom stereocenters. The Bertz CT molecular complexity index is 406. The van der Waals surface area contributed by atoms with Crippen molar-refractivity contribution in [3.63, 3.8) is 0 Å². The molecule has 4 nitrogen and oxygen atoms in total. The maximum atomic E-state index is 10.9. The molecule has 1 atom stereocenters. The van der Waals surface area contributed by atoms with Gasteiger partial charge >= 0.3 is 5.97 Å². The summed E-state index contributed by atoms with van der Waals surface area (Å²) in [5.41, 5.74) is 1.81. The van der Waals surface area contributed by atoms with Crippen LogP contribution in [0.1, 0.15) is 11.1 Å². The highest BCUT2D eigenvalue weighted by Crippen LogP contribution is 2.09. The third kappa shape index (κ3) is 5.60. The molecule has 2 N–H and O–H groups in total. The zero-order valence-corrected chi connectivity index (χ0v) is 10.6. The van der Waals surface area contributed by atoms with Crippen LogP contribution in [-0.2, 0) is 28.6 Å². The third-order valence-electron chi connectivity index (χ3n) is 2.34. The highest BCUT2D eigenvalue weighted by Gasteiger charge is 2.05. The van der Waals surface area contributed by atoms with E-state index >= 15 is 0 Å². The van der Waals surface area contributed by atoms with Crippen LogP contribution in [0.25, 0.3) is 0 Å². The average Bonchev–Trinajstić information content (AvgIpc) is 2.25. The summed E-state index contributed by atoms with van der Waals surface area (Å²) in [7, 11) is -0.795. The summed E-state index contributed by atoms with van der Waals surface area (Å²) in [6, 6.07) is 7.46. The largest absolute Gasteiger partial charge is 0.481 e. The number of carboxylic acid groups (broad SMARTS) is 1. The van der Waals surface area contributed by atoms with Crippen molar-refractivity contribution in [3.8, 4) is 0 Å². The van der Waals surface area contributed by atoms with E-state index in [9.17, 15) is 9.00 Å². The smallest absolute Gasteiger partial charge is 0.307 e. The lowest BCUT2D eigenvalue weighted by Crippen LogP contribution is -2.20. The predicted octanol–water partition coefficient (Wildman–Crippen LogP) is 0.782. The van der Waals surface area contributed by atoms with Gasteiger partial charge in [-0.15, -0.1) is 0 Å². The Hall–Kier alpha value is -1.20. The SMILES string of the molecule is CS(=O)CCNCc1ccccc1CC(=O)O. The number of hydrogen-bond acceptors (Lipinski definition) is 3. The van der Waals surface area contributed by atoms with Crippen molar-refractivity contribution in [2.24, 2.45) is 0 Å². The van der Waals surface area contributed by atoms with Gasteiger partial charge in [0.2, 0.25) is 0 Å². The van der Waals surface area contributed by atoms with Crippen molar-refractivity contribution in [2.75, 3.05) is 18.6 Å². The maximum Gasteiger partial charge on any atom is 0.307 e. The molecule has 94 valence electrons. The van der Waals surface area contributed by atoms with E-state index in [1.165, 1.54) is 0 Å². The molecule has 0 fully saturated rings. The van der Waals surface area contributed by atoms with Crippen molar-refractivity contribution < 1.29 is 14.1 Å². The summed E-state index contributed by atoms with van der Waals surface area (Å²) in [6.45, 7) is 1.28. The molecule has 0 saturated carbocycles. The normalized spacial score (nSPS) is 12.3. The second kappa shape index (κ2) is 7.19. The molecule has 1 rings (SSSR count). The van der Waals surface area contributed by atoms with Gasteiger partial charge in [-0.05, 0) is 11.1 Å². The van der Waals surface area contributed by atoms with Crippen LogP contribution in [0.5, 0.6) is 0 Å². The van der Waals surface area contributed by atoms with Crippen molar-refractivity contribution in [3.05, 3.63) is 35.4 Å². The molecule has 1 aromatic carbocycles. The molecule has 0 aliphatic carbocycles. The Morgan fingerprint density at radius 1 is 1.35 bits per heavy atom. The van der Waals surface area contributed by atoms with Gasteiger partial charge in [-0.3, -0.25) is 9.00 Å². The fraction of sp³-hybridized carbons (Fsp3) is 0.417. The predicted molar refractivity (Wildman–Crippen MR) is 68.4 cm³/mol. The Morgan fingerprint density at radius 2 is 2.00 bits per heavy atom. The minimum Gasteiger partial charge on any atom is -0.481 e. The molecule has 0 saturated heterocycles. The molecule has 5 heteroatoms. The Balaban J connectivity index is 2.51. The van der Waals surface area contributed by atoms with Gasteiger partial charge in [0.15, 0.2) is 0 Å². The van der Waals surface area contributed by atoms with Crippen molar-refractivity contribution >= 4 is 16.8 Å². The maximum absolute atomic E-state index is 10.9. The van der Waals surface area contributed by atoms with Crippen LogP contribution in [0.15, 0.2) is 24.3 Å². The summed E-state index contributed by atoms with van der Waals surface area (Å²) in [5.74, 6) is -0.215. The molecule has 0 amide bonds. The van der Waals surface area contributed by atoms with Crippen LogP contribution >= 0.6 is 0 Å². The fourth-order valence-electron chi connectivity index (χ4n) is 1.50. The molecule has 0 aliphatic heterocycles. The molecular weight excluding hydrogens is 238 g/mol. The molecular formula is C12H17NO3S. The van der Waals surface area contributed by atoms with E-state index in [-0.39, 0.29) is 6.42 Å². The second-order valence-corrected chi connectivity index (χ2v) is 5.35. The number of hydrogen-bond donors (Lipinski definition) is 2. The summed E-state index contributed by atoms with van der Waals surface area (Å²) in [6.07, 6.45) is 1.71. The van der Waals surface area contributed by atoms with Crippen LogP contribution in [0.2, 0.25) is 0 Å². The first-order valence-electron chi connectivity index (χ1n) is 5.39. The third-order valence-corrected chi connectivity index (χ3v) is 3.12. The first kappa shape index (κ1) is 13.9. The van der Waals surface area contributed by atoms with Crippen LogP contribution in [-0.4, -0.2) is 33.8 Å². The van der Waals surface area contributed by atoms with Crippen LogP contribution < -0.4 is 5.32 Å². The number of carboxylic acids is 1. The number of aliphatic carboxylic acids is 1. The number of rotatable bonds is 7. The fourth-order valence-corrected chi connectivity index (χ4v) is 1.94. The highest BCUT2D eigenvalue weighted by molar-refractivity contribution is 7.84. The summed E-state index contributed by atoms with van der Waals surface area (Å²) < 4.78 is 10.9. The van der Waals surface area contributed by atoms with Gasteiger partial charge in [0.05, 0.1) is 6.42 Å². The van der Waals surface area contributed by atoms with Crippen LogP contribution in [0, 0.1) is 0 Å². The van der Waals surface area contributed by atoms with Gasteiger partial charge in [0.25, 0.3) is 0 Å². The number of carbonyl (C=O) groups is 1. The second-order valence-electron chi connectivity index (χ2n) is 3.79. The minimum absolute atomic E-state index is 0.0392. The lowest BCUT2D eigenvalue weighted by molar-refractivity contribution is -0.136. The lowest BCUT2D eigenvalue weighted by Gasteiger charge is -2.08. The molecule has 0 spiro atoms. The molecule has 1 aromatic rings. The monoisotopic (exact) mass is 255 g/mol. The standard InChI is InChI=1S/C12H17NO3S/c1-17(16)7-6-13-9-11-5-3-2-4-10(11)8-12(14)15/h2-5,13H,6-9H2,1H3,(H,14,15). The van der Waals surface area contributed by atoms with E-state index in [1.54, 1.807) is 6.26 Å². The summed E-state index contributed by atoms with van der Waals surface area (Å²) in [4.78, 5) is 10.7. The molecule has 0 aromatic heterocycles. The summed E-state index contributed by atoms with van der Waals surface area (Å²) in [5, 5.41) is 11.9. The first-order chi connectivity index (χ1) is 8.09. The van der Waals surface area contributed by atoms with Crippen molar-refractivity contribution in [1.29, 1.82) is 0 Å². The van der Waals surface area contributed by atoms with Gasteiger partial charge in [0.1, 0.15) is 0 Å². The molecule has 17 heavy (non-hydrogen) atoms. The Kier molecular flexibility index (Phi) is 5.86. The zero-order valence-electron chi connectivity index (χ0n) is 9.81. The highest BCUT2D eigenvalue weighted by atomic mass is 32.2. The van der Waals surface area contributed by atoms with Gasteiger partial charge in [-0.25, -0.2) is 0 Å². The van der Waals surface area contributed by atoms with Gasteiger partial charge in [-0.2, -0.15) is 0 Å². The van der Waals surface area contributed by atoms with E-state index in [1.807, 2.05) is 24.3 Å². The number of nitrogens with one attached hydrogen (secondary N) is 1. The quantitative estimate of drug-likeness (QED) is 0.707.